The first-order valence-electron chi connectivity index (χ1n) is 9.38. The monoisotopic (exact) mass is 424 g/mol. The zero-order chi connectivity index (χ0) is 20.3. The Labute approximate surface area is 177 Å². The third kappa shape index (κ3) is 4.73. The Kier molecular flexibility index (Phi) is 7.69. The number of nitrogens with zero attached hydrogens (tertiary/aromatic N) is 4. The summed E-state index contributed by atoms with van der Waals surface area (Å²) >= 11 is 0. The van der Waals surface area contributed by atoms with E-state index in [0.717, 1.165) is 38.0 Å². The molecule has 1 aliphatic heterocycles. The van der Waals surface area contributed by atoms with Gasteiger partial charge in [0.15, 0.2) is 11.5 Å². The van der Waals surface area contributed by atoms with Crippen molar-refractivity contribution in [1.29, 1.82) is 0 Å². The number of nitrogens with two attached hydrogens (primary N) is 1. The first-order chi connectivity index (χ1) is 13.5. The fourth-order valence-corrected chi connectivity index (χ4v) is 3.51. The largest absolute Gasteiger partial charge is 0.493 e. The smallest absolute Gasteiger partial charge is 0.236 e. The van der Waals surface area contributed by atoms with E-state index in [4.69, 9.17) is 20.2 Å². The lowest BCUT2D eigenvalue weighted by Gasteiger charge is -2.26. The lowest BCUT2D eigenvalue weighted by Crippen LogP contribution is -2.45. The number of carbonyl (C=O) groups excluding carboxylic acids is 1. The van der Waals surface area contributed by atoms with E-state index in [1.54, 1.807) is 27.3 Å². The van der Waals surface area contributed by atoms with Crippen LogP contribution in [0.25, 0.3) is 10.9 Å². The van der Waals surface area contributed by atoms with Gasteiger partial charge >= 0.3 is 0 Å². The van der Waals surface area contributed by atoms with Crippen LogP contribution in [0.1, 0.15) is 13.3 Å². The molecule has 2 aromatic rings. The fourth-order valence-electron chi connectivity index (χ4n) is 3.51. The van der Waals surface area contributed by atoms with E-state index < -0.39 is 0 Å². The number of anilines is 2. The molecule has 3 N–H and O–H groups in total. The molecule has 1 aromatic heterocycles. The summed E-state index contributed by atoms with van der Waals surface area (Å²) in [5.41, 5.74) is 6.92. The molecule has 3 rings (SSSR count). The molecule has 1 saturated heterocycles. The third-order valence-electron chi connectivity index (χ3n) is 5.21. The molecule has 2 heterocycles. The molecule has 0 saturated carbocycles. The van der Waals surface area contributed by atoms with Crippen molar-refractivity contribution in [3.05, 3.63) is 12.1 Å². The van der Waals surface area contributed by atoms with Crippen LogP contribution in [0.3, 0.4) is 0 Å². The van der Waals surface area contributed by atoms with Gasteiger partial charge in [-0.3, -0.25) is 9.69 Å². The van der Waals surface area contributed by atoms with Crippen molar-refractivity contribution in [3.8, 4) is 11.5 Å². The molecule has 1 unspecified atom stereocenters. The lowest BCUT2D eigenvalue weighted by atomic mass is 10.2. The van der Waals surface area contributed by atoms with Crippen LogP contribution >= 0.6 is 12.4 Å². The number of ether oxygens (including phenoxy) is 2. The molecule has 1 atom stereocenters. The highest BCUT2D eigenvalue weighted by molar-refractivity contribution is 5.91. The summed E-state index contributed by atoms with van der Waals surface area (Å²) in [5.74, 6) is 2.21. The Morgan fingerprint density at radius 1 is 1.14 bits per heavy atom. The maximum absolute atomic E-state index is 11.9. The van der Waals surface area contributed by atoms with Crippen LogP contribution in [0, 0.1) is 0 Å². The standard InChI is InChI=1S/C19H28N6O3.ClH/c1-12(18(26)21-2)24-6-5-7-25(9-8-24)19-22-14-11-16(28-4)15(27-3)10-13(14)17(20)23-19;/h10-12H,5-9H2,1-4H3,(H,21,26)(H2,20,22,23);1H. The Morgan fingerprint density at radius 3 is 2.48 bits per heavy atom. The highest BCUT2D eigenvalue weighted by Gasteiger charge is 2.24. The zero-order valence-electron chi connectivity index (χ0n) is 17.3. The SMILES string of the molecule is CNC(=O)C(C)N1CCCN(c2nc(N)c3cc(OC)c(OC)cc3n2)CC1.Cl. The predicted molar refractivity (Wildman–Crippen MR) is 116 cm³/mol. The molecular weight excluding hydrogens is 396 g/mol. The number of nitrogen functional groups attached to an aromatic ring is 1. The fraction of sp³-hybridized carbons (Fsp3) is 0.526. The summed E-state index contributed by atoms with van der Waals surface area (Å²) in [6, 6.07) is 3.44. The quantitative estimate of drug-likeness (QED) is 0.739. The van der Waals surface area contributed by atoms with Crippen molar-refractivity contribution in [1.82, 2.24) is 20.2 Å². The first kappa shape index (κ1) is 22.8. The minimum absolute atomic E-state index is 0. The van der Waals surface area contributed by atoms with Crippen molar-refractivity contribution in [2.45, 2.75) is 19.4 Å². The van der Waals surface area contributed by atoms with Crippen LogP contribution in [-0.2, 0) is 4.79 Å². The number of likely N-dealkylation sites (N-methyl/N-ethyl adjacent to an activating group) is 1. The van der Waals surface area contributed by atoms with Crippen LogP contribution in [0.2, 0.25) is 0 Å². The number of hydrogen-bond donors (Lipinski definition) is 2. The van der Waals surface area contributed by atoms with Crippen LogP contribution in [0.5, 0.6) is 11.5 Å². The zero-order valence-corrected chi connectivity index (χ0v) is 18.1. The van der Waals surface area contributed by atoms with Crippen LogP contribution in [-0.4, -0.2) is 74.3 Å². The highest BCUT2D eigenvalue weighted by atomic mass is 35.5. The van der Waals surface area contributed by atoms with Crippen molar-refractivity contribution in [2.75, 3.05) is 58.1 Å². The van der Waals surface area contributed by atoms with E-state index in [1.807, 2.05) is 13.0 Å². The van der Waals surface area contributed by atoms with Crippen LogP contribution < -0.4 is 25.4 Å². The van der Waals surface area contributed by atoms with Gasteiger partial charge in [-0.25, -0.2) is 4.98 Å². The number of carbonyl (C=O) groups is 1. The van der Waals surface area contributed by atoms with Gasteiger partial charge in [-0.2, -0.15) is 4.98 Å². The van der Waals surface area contributed by atoms with Gasteiger partial charge in [0.05, 0.1) is 25.8 Å². The molecule has 1 fully saturated rings. The molecule has 0 aliphatic carbocycles. The second kappa shape index (κ2) is 9.80. The average molecular weight is 425 g/mol. The summed E-state index contributed by atoms with van der Waals surface area (Å²) in [5, 5.41) is 3.44. The Bertz CT molecular complexity index is 865. The normalized spacial score (nSPS) is 15.9. The van der Waals surface area contributed by atoms with E-state index in [2.05, 4.69) is 20.1 Å². The second-order valence-electron chi connectivity index (χ2n) is 6.80. The number of amides is 1. The Balaban J connectivity index is 0.00000300. The summed E-state index contributed by atoms with van der Waals surface area (Å²) in [4.78, 5) is 25.5. The van der Waals surface area contributed by atoms with Gasteiger partial charge in [-0.15, -0.1) is 12.4 Å². The molecule has 1 aliphatic rings. The molecule has 0 bridgehead atoms. The van der Waals surface area contributed by atoms with E-state index in [1.165, 1.54) is 0 Å². The lowest BCUT2D eigenvalue weighted by molar-refractivity contribution is -0.125. The number of methoxy groups -OCH3 is 2. The van der Waals surface area contributed by atoms with Gasteiger partial charge in [0, 0.05) is 44.7 Å². The Hall–Kier alpha value is -2.52. The number of nitrogens with one attached hydrogen (secondary N) is 1. The van der Waals surface area contributed by atoms with Crippen LogP contribution in [0.4, 0.5) is 11.8 Å². The molecular formula is C19H29ClN6O3. The topological polar surface area (TPSA) is 106 Å². The maximum Gasteiger partial charge on any atom is 0.236 e. The number of hydrogen-bond acceptors (Lipinski definition) is 8. The van der Waals surface area contributed by atoms with Crippen molar-refractivity contribution >= 4 is 41.0 Å². The molecule has 29 heavy (non-hydrogen) atoms. The highest BCUT2D eigenvalue weighted by Crippen LogP contribution is 2.34. The maximum atomic E-state index is 11.9. The van der Waals surface area contributed by atoms with Crippen LogP contribution in [0.15, 0.2) is 12.1 Å². The van der Waals surface area contributed by atoms with Gasteiger partial charge in [0.25, 0.3) is 0 Å². The molecule has 0 radical (unpaired) electrons. The summed E-state index contributed by atoms with van der Waals surface area (Å²) < 4.78 is 10.7. The number of benzene rings is 1. The van der Waals surface area contributed by atoms with Gasteiger partial charge in [-0.1, -0.05) is 0 Å². The van der Waals surface area contributed by atoms with Crippen molar-refractivity contribution in [2.24, 2.45) is 0 Å². The first-order valence-corrected chi connectivity index (χ1v) is 9.38. The molecule has 10 heteroatoms. The molecule has 9 nitrogen and oxygen atoms in total. The summed E-state index contributed by atoms with van der Waals surface area (Å²) in [6.07, 6.45) is 0.911. The molecule has 1 amide bonds. The number of aromatic nitrogens is 2. The average Bonchev–Trinajstić information content (AvgIpc) is 2.97. The van der Waals surface area contributed by atoms with E-state index in [9.17, 15) is 4.79 Å². The van der Waals surface area contributed by atoms with Gasteiger partial charge in [0.1, 0.15) is 5.82 Å². The minimum Gasteiger partial charge on any atom is -0.493 e. The summed E-state index contributed by atoms with van der Waals surface area (Å²) in [7, 11) is 4.84. The van der Waals surface area contributed by atoms with Gasteiger partial charge in [0.2, 0.25) is 11.9 Å². The third-order valence-corrected chi connectivity index (χ3v) is 5.21. The van der Waals surface area contributed by atoms with E-state index >= 15 is 0 Å². The number of fused-ring (bicyclic) bond motifs is 1. The van der Waals surface area contributed by atoms with Gasteiger partial charge in [-0.05, 0) is 19.4 Å². The Morgan fingerprint density at radius 2 is 1.83 bits per heavy atom. The molecule has 1 aromatic carbocycles. The molecule has 0 spiro atoms. The second-order valence-corrected chi connectivity index (χ2v) is 6.80. The van der Waals surface area contributed by atoms with Crippen molar-refractivity contribution in [3.63, 3.8) is 0 Å². The minimum atomic E-state index is -0.163. The van der Waals surface area contributed by atoms with E-state index in [0.29, 0.717) is 28.8 Å². The number of rotatable bonds is 5. The van der Waals surface area contributed by atoms with Gasteiger partial charge < -0.3 is 25.4 Å². The van der Waals surface area contributed by atoms with E-state index in [-0.39, 0.29) is 24.4 Å². The summed E-state index contributed by atoms with van der Waals surface area (Å²) in [6.45, 7) is 5.05. The molecule has 160 valence electrons. The van der Waals surface area contributed by atoms with Crippen molar-refractivity contribution < 1.29 is 14.3 Å². The predicted octanol–water partition coefficient (Wildman–Crippen LogP) is 1.30. The number of halogens is 1.